The summed E-state index contributed by atoms with van der Waals surface area (Å²) in [6.45, 7) is 1.90. The van der Waals surface area contributed by atoms with Gasteiger partial charge in [0.2, 0.25) is 0 Å². The Morgan fingerprint density at radius 3 is 2.67 bits per heavy atom. The van der Waals surface area contributed by atoms with Gasteiger partial charge >= 0.3 is 0 Å². The van der Waals surface area contributed by atoms with Crippen molar-refractivity contribution in [3.63, 3.8) is 0 Å². The SMILES string of the molecule is Cc1ccc(NC(=O)c2ccc(-c3ccc(Br)cc3Cl)o2)cc1N. The van der Waals surface area contributed by atoms with E-state index >= 15 is 0 Å². The minimum Gasteiger partial charge on any atom is -0.451 e. The molecule has 0 unspecified atom stereocenters. The fourth-order valence-electron chi connectivity index (χ4n) is 2.20. The van der Waals surface area contributed by atoms with E-state index in [4.69, 9.17) is 21.8 Å². The minimum absolute atomic E-state index is 0.197. The number of nitrogen functional groups attached to an aromatic ring is 1. The highest BCUT2D eigenvalue weighted by Gasteiger charge is 2.14. The zero-order chi connectivity index (χ0) is 17.3. The molecule has 0 spiro atoms. The van der Waals surface area contributed by atoms with Crippen LogP contribution in [0.1, 0.15) is 16.1 Å². The monoisotopic (exact) mass is 404 g/mol. The van der Waals surface area contributed by atoms with Crippen LogP contribution in [0, 0.1) is 6.92 Å². The second-order valence-corrected chi connectivity index (χ2v) is 6.64. The Labute approximate surface area is 152 Å². The minimum atomic E-state index is -0.349. The molecule has 6 heteroatoms. The van der Waals surface area contributed by atoms with Crippen LogP contribution in [-0.4, -0.2) is 5.91 Å². The molecule has 0 aliphatic carbocycles. The first-order valence-corrected chi connectivity index (χ1v) is 8.34. The quantitative estimate of drug-likeness (QED) is 0.565. The Balaban J connectivity index is 1.82. The summed E-state index contributed by atoms with van der Waals surface area (Å²) < 4.78 is 6.51. The number of anilines is 2. The summed E-state index contributed by atoms with van der Waals surface area (Å²) in [4.78, 5) is 12.3. The van der Waals surface area contributed by atoms with E-state index in [0.717, 1.165) is 15.6 Å². The van der Waals surface area contributed by atoms with Crippen LogP contribution in [0.5, 0.6) is 0 Å². The molecule has 0 saturated heterocycles. The summed E-state index contributed by atoms with van der Waals surface area (Å²) in [6, 6.07) is 14.1. The second-order valence-electron chi connectivity index (χ2n) is 5.31. The van der Waals surface area contributed by atoms with Crippen LogP contribution in [0.4, 0.5) is 11.4 Å². The van der Waals surface area contributed by atoms with Gasteiger partial charge in [-0.15, -0.1) is 0 Å². The number of nitrogens with two attached hydrogens (primary N) is 1. The molecule has 0 bridgehead atoms. The summed E-state index contributed by atoms with van der Waals surface area (Å²) in [5.41, 5.74) is 8.76. The first-order valence-electron chi connectivity index (χ1n) is 7.17. The number of furan rings is 1. The van der Waals surface area contributed by atoms with E-state index in [1.807, 2.05) is 25.1 Å². The van der Waals surface area contributed by atoms with Gasteiger partial charge in [0.15, 0.2) is 5.76 Å². The molecular weight excluding hydrogens is 392 g/mol. The van der Waals surface area contributed by atoms with Crippen molar-refractivity contribution in [2.24, 2.45) is 0 Å². The fourth-order valence-corrected chi connectivity index (χ4v) is 2.97. The van der Waals surface area contributed by atoms with Gasteiger partial charge in [-0.05, 0) is 55.0 Å². The number of rotatable bonds is 3. The first kappa shape index (κ1) is 16.6. The van der Waals surface area contributed by atoms with Crippen LogP contribution in [0.15, 0.2) is 57.4 Å². The molecule has 3 aromatic rings. The Bertz CT molecular complexity index is 921. The van der Waals surface area contributed by atoms with Gasteiger partial charge in [-0.25, -0.2) is 0 Å². The van der Waals surface area contributed by atoms with Crippen molar-refractivity contribution in [3.8, 4) is 11.3 Å². The molecule has 24 heavy (non-hydrogen) atoms. The van der Waals surface area contributed by atoms with Crippen molar-refractivity contribution in [1.82, 2.24) is 0 Å². The van der Waals surface area contributed by atoms with E-state index < -0.39 is 0 Å². The highest BCUT2D eigenvalue weighted by atomic mass is 79.9. The number of amides is 1. The third kappa shape index (κ3) is 3.47. The van der Waals surface area contributed by atoms with E-state index in [2.05, 4.69) is 21.2 Å². The number of benzene rings is 2. The molecule has 0 aliphatic heterocycles. The number of carbonyl (C=O) groups excluding carboxylic acids is 1. The number of hydrogen-bond donors (Lipinski definition) is 2. The largest absolute Gasteiger partial charge is 0.451 e. The summed E-state index contributed by atoms with van der Waals surface area (Å²) in [5, 5.41) is 3.30. The molecule has 0 atom stereocenters. The lowest BCUT2D eigenvalue weighted by Gasteiger charge is -2.06. The summed E-state index contributed by atoms with van der Waals surface area (Å²) >= 11 is 9.57. The molecule has 1 aromatic heterocycles. The zero-order valence-electron chi connectivity index (χ0n) is 12.8. The highest BCUT2D eigenvalue weighted by molar-refractivity contribution is 9.10. The summed E-state index contributed by atoms with van der Waals surface area (Å²) in [5.74, 6) is 0.377. The lowest BCUT2D eigenvalue weighted by atomic mass is 10.2. The Morgan fingerprint density at radius 2 is 1.96 bits per heavy atom. The average molecular weight is 406 g/mol. The Morgan fingerprint density at radius 1 is 1.17 bits per heavy atom. The van der Waals surface area contributed by atoms with Crippen LogP contribution in [-0.2, 0) is 0 Å². The average Bonchev–Trinajstić information content (AvgIpc) is 3.01. The number of nitrogens with one attached hydrogen (secondary N) is 1. The zero-order valence-corrected chi connectivity index (χ0v) is 15.1. The molecule has 3 N–H and O–H groups in total. The number of aryl methyl sites for hydroxylation is 1. The van der Waals surface area contributed by atoms with Gasteiger partial charge in [0, 0.05) is 21.4 Å². The predicted molar refractivity (Wildman–Crippen MR) is 100 cm³/mol. The molecule has 0 aliphatic rings. The lowest BCUT2D eigenvalue weighted by Crippen LogP contribution is -2.11. The molecule has 1 heterocycles. The van der Waals surface area contributed by atoms with E-state index in [1.165, 1.54) is 0 Å². The van der Waals surface area contributed by atoms with Crippen LogP contribution in [0.3, 0.4) is 0 Å². The van der Waals surface area contributed by atoms with Crippen molar-refractivity contribution in [1.29, 1.82) is 0 Å². The van der Waals surface area contributed by atoms with Crippen LogP contribution < -0.4 is 11.1 Å². The highest BCUT2D eigenvalue weighted by Crippen LogP contribution is 2.31. The molecule has 3 rings (SSSR count). The number of hydrogen-bond acceptors (Lipinski definition) is 3. The van der Waals surface area contributed by atoms with Crippen molar-refractivity contribution in [3.05, 3.63) is 69.3 Å². The van der Waals surface area contributed by atoms with Crippen molar-refractivity contribution in [2.45, 2.75) is 6.92 Å². The van der Waals surface area contributed by atoms with Gasteiger partial charge in [-0.1, -0.05) is 33.6 Å². The van der Waals surface area contributed by atoms with E-state index in [1.54, 1.807) is 30.3 Å². The van der Waals surface area contributed by atoms with Crippen molar-refractivity contribution in [2.75, 3.05) is 11.1 Å². The maximum absolute atomic E-state index is 12.3. The first-order chi connectivity index (χ1) is 11.4. The molecule has 122 valence electrons. The molecule has 0 fully saturated rings. The summed E-state index contributed by atoms with van der Waals surface area (Å²) in [6.07, 6.45) is 0. The van der Waals surface area contributed by atoms with E-state index in [0.29, 0.717) is 22.2 Å². The third-order valence-electron chi connectivity index (χ3n) is 3.56. The standard InChI is InChI=1S/C18H14BrClN2O2/c1-10-2-4-12(9-15(10)21)22-18(23)17-7-6-16(24-17)13-5-3-11(19)8-14(13)20/h2-9H,21H2,1H3,(H,22,23). The maximum atomic E-state index is 12.3. The van der Waals surface area contributed by atoms with Gasteiger partial charge in [-0.3, -0.25) is 4.79 Å². The molecule has 0 saturated carbocycles. The lowest BCUT2D eigenvalue weighted by molar-refractivity contribution is 0.0997. The Hall–Kier alpha value is -2.24. The number of carbonyl (C=O) groups is 1. The molecule has 0 radical (unpaired) electrons. The van der Waals surface area contributed by atoms with E-state index in [9.17, 15) is 4.79 Å². The van der Waals surface area contributed by atoms with Gasteiger partial charge in [0.1, 0.15) is 5.76 Å². The van der Waals surface area contributed by atoms with Gasteiger partial charge in [0.25, 0.3) is 5.91 Å². The molecule has 1 amide bonds. The molecule has 4 nitrogen and oxygen atoms in total. The van der Waals surface area contributed by atoms with Crippen LogP contribution in [0.25, 0.3) is 11.3 Å². The maximum Gasteiger partial charge on any atom is 0.291 e. The van der Waals surface area contributed by atoms with Crippen LogP contribution >= 0.6 is 27.5 Å². The third-order valence-corrected chi connectivity index (χ3v) is 4.37. The topological polar surface area (TPSA) is 68.3 Å². The van der Waals surface area contributed by atoms with Gasteiger partial charge in [-0.2, -0.15) is 0 Å². The van der Waals surface area contributed by atoms with Crippen molar-refractivity contribution < 1.29 is 9.21 Å². The van der Waals surface area contributed by atoms with Crippen molar-refractivity contribution >= 4 is 44.8 Å². The van der Waals surface area contributed by atoms with Gasteiger partial charge < -0.3 is 15.5 Å². The van der Waals surface area contributed by atoms with E-state index in [-0.39, 0.29) is 11.7 Å². The normalized spacial score (nSPS) is 10.6. The Kier molecular flexibility index (Phi) is 4.64. The number of halogens is 2. The summed E-state index contributed by atoms with van der Waals surface area (Å²) in [7, 11) is 0. The van der Waals surface area contributed by atoms with Crippen LogP contribution in [0.2, 0.25) is 5.02 Å². The van der Waals surface area contributed by atoms with Gasteiger partial charge in [0.05, 0.1) is 5.02 Å². The predicted octanol–water partition coefficient (Wildman–Crippen LogP) is 5.51. The second kappa shape index (κ2) is 6.71. The fraction of sp³-hybridized carbons (Fsp3) is 0.0556. The molecular formula is C18H14BrClN2O2. The molecule has 2 aromatic carbocycles. The smallest absolute Gasteiger partial charge is 0.291 e.